The highest BCUT2D eigenvalue weighted by atomic mass is 19.1. The van der Waals surface area contributed by atoms with Crippen molar-refractivity contribution in [3.63, 3.8) is 0 Å². The molecule has 2 amide bonds. The topological polar surface area (TPSA) is 62.3 Å². The first-order chi connectivity index (χ1) is 11.6. The summed E-state index contributed by atoms with van der Waals surface area (Å²) < 4.78 is 40.8. The van der Waals surface area contributed by atoms with Crippen molar-refractivity contribution in [1.29, 1.82) is 0 Å². The maximum atomic E-state index is 13.8. The molecule has 0 atom stereocenters. The predicted octanol–water partition coefficient (Wildman–Crippen LogP) is 3.08. The molecule has 0 aliphatic carbocycles. The summed E-state index contributed by atoms with van der Waals surface area (Å²) in [6, 6.07) is 6.58. The molecule has 0 bridgehead atoms. The third-order valence-electron chi connectivity index (χ3n) is 3.21. The van der Waals surface area contributed by atoms with Gasteiger partial charge >= 0.3 is 0 Å². The number of benzene rings is 1. The molecular formula is C17H16F3N3O2. The Morgan fingerprint density at radius 2 is 1.56 bits per heavy atom. The second kappa shape index (κ2) is 6.92. The lowest BCUT2D eigenvalue weighted by molar-refractivity contribution is 0.0349. The summed E-state index contributed by atoms with van der Waals surface area (Å²) in [6.45, 7) is 4.76. The maximum Gasteiger partial charge on any atom is 0.291 e. The van der Waals surface area contributed by atoms with Crippen molar-refractivity contribution in [3.05, 3.63) is 65.2 Å². The molecule has 132 valence electrons. The van der Waals surface area contributed by atoms with E-state index in [1.807, 2.05) is 0 Å². The van der Waals surface area contributed by atoms with Crippen LogP contribution in [0.3, 0.4) is 0 Å². The number of hydrogen-bond acceptors (Lipinski definition) is 3. The van der Waals surface area contributed by atoms with E-state index >= 15 is 0 Å². The number of pyridine rings is 1. The Bertz CT molecular complexity index is 799. The molecule has 1 aromatic heterocycles. The van der Waals surface area contributed by atoms with Crippen LogP contribution in [-0.4, -0.2) is 27.3 Å². The van der Waals surface area contributed by atoms with E-state index in [1.165, 1.54) is 12.1 Å². The zero-order valence-electron chi connectivity index (χ0n) is 13.8. The van der Waals surface area contributed by atoms with Gasteiger partial charge in [-0.3, -0.25) is 15.0 Å². The molecule has 0 saturated heterocycles. The van der Waals surface area contributed by atoms with Crippen LogP contribution in [0.15, 0.2) is 36.4 Å². The predicted molar refractivity (Wildman–Crippen MR) is 83.9 cm³/mol. The van der Waals surface area contributed by atoms with Gasteiger partial charge in [-0.1, -0.05) is 12.1 Å². The average molecular weight is 351 g/mol. The normalized spacial score (nSPS) is 11.1. The van der Waals surface area contributed by atoms with Crippen molar-refractivity contribution in [1.82, 2.24) is 15.4 Å². The fourth-order valence-corrected chi connectivity index (χ4v) is 2.04. The Morgan fingerprint density at radius 3 is 2.08 bits per heavy atom. The molecule has 0 fully saturated rings. The Labute approximate surface area is 142 Å². The minimum Gasteiger partial charge on any atom is -0.267 e. The van der Waals surface area contributed by atoms with Crippen molar-refractivity contribution in [2.24, 2.45) is 0 Å². The number of nitrogens with one attached hydrogen (secondary N) is 1. The van der Waals surface area contributed by atoms with Gasteiger partial charge in [-0.05, 0) is 45.0 Å². The van der Waals surface area contributed by atoms with Gasteiger partial charge in [0, 0.05) is 0 Å². The first-order valence-corrected chi connectivity index (χ1v) is 7.33. The number of carbonyl (C=O) groups excluding carboxylic acids is 2. The van der Waals surface area contributed by atoms with E-state index < -0.39 is 40.5 Å². The summed E-state index contributed by atoms with van der Waals surface area (Å²) in [6.07, 6.45) is 0. The van der Waals surface area contributed by atoms with Crippen molar-refractivity contribution >= 4 is 11.8 Å². The number of hydrogen-bond donors (Lipinski definition) is 1. The zero-order valence-corrected chi connectivity index (χ0v) is 13.8. The van der Waals surface area contributed by atoms with Gasteiger partial charge in [-0.2, -0.15) is 4.39 Å². The summed E-state index contributed by atoms with van der Waals surface area (Å²) >= 11 is 0. The number of carbonyl (C=O) groups is 2. The zero-order chi connectivity index (χ0) is 18.8. The smallest absolute Gasteiger partial charge is 0.267 e. The van der Waals surface area contributed by atoms with Crippen LogP contribution in [0.1, 0.15) is 41.6 Å². The maximum absolute atomic E-state index is 13.8. The second-order valence-electron chi connectivity index (χ2n) is 6.19. The molecule has 1 N–H and O–H groups in total. The lowest BCUT2D eigenvalue weighted by Gasteiger charge is -2.35. The summed E-state index contributed by atoms with van der Waals surface area (Å²) in [5.74, 6) is -4.97. The van der Waals surface area contributed by atoms with Crippen LogP contribution >= 0.6 is 0 Å². The largest absolute Gasteiger partial charge is 0.291 e. The van der Waals surface area contributed by atoms with E-state index in [1.54, 1.807) is 20.8 Å². The van der Waals surface area contributed by atoms with Crippen LogP contribution in [-0.2, 0) is 0 Å². The standard InChI is InChI=1S/C17H16F3N3O2/c1-17(2,3)23(16(25)12-8-5-9-13(20)21-12)22-15(24)14-10(18)6-4-7-11(14)19/h4-9H,1-3H3,(H,22,24). The first kappa shape index (κ1) is 18.4. The Balaban J connectivity index is 2.36. The van der Waals surface area contributed by atoms with Gasteiger partial charge in [0.1, 0.15) is 22.9 Å². The van der Waals surface area contributed by atoms with Crippen molar-refractivity contribution < 1.29 is 22.8 Å². The number of halogens is 3. The lowest BCUT2D eigenvalue weighted by Crippen LogP contribution is -2.56. The Morgan fingerprint density at radius 1 is 1.00 bits per heavy atom. The lowest BCUT2D eigenvalue weighted by atomic mass is 10.1. The Kier molecular flexibility index (Phi) is 5.10. The van der Waals surface area contributed by atoms with Gasteiger partial charge in [-0.15, -0.1) is 0 Å². The van der Waals surface area contributed by atoms with Gasteiger partial charge in [0.15, 0.2) is 0 Å². The van der Waals surface area contributed by atoms with Gasteiger partial charge in [0.25, 0.3) is 11.8 Å². The summed E-state index contributed by atoms with van der Waals surface area (Å²) in [5, 5.41) is 0.850. The highest BCUT2D eigenvalue weighted by Crippen LogP contribution is 2.17. The summed E-state index contributed by atoms with van der Waals surface area (Å²) in [7, 11) is 0. The van der Waals surface area contributed by atoms with E-state index in [2.05, 4.69) is 10.4 Å². The van der Waals surface area contributed by atoms with Crippen LogP contribution in [0.2, 0.25) is 0 Å². The van der Waals surface area contributed by atoms with E-state index in [4.69, 9.17) is 0 Å². The second-order valence-corrected chi connectivity index (χ2v) is 6.19. The van der Waals surface area contributed by atoms with E-state index in [9.17, 15) is 22.8 Å². The van der Waals surface area contributed by atoms with E-state index in [0.29, 0.717) is 0 Å². The van der Waals surface area contributed by atoms with Crippen LogP contribution in [0, 0.1) is 17.6 Å². The van der Waals surface area contributed by atoms with E-state index in [0.717, 1.165) is 29.3 Å². The van der Waals surface area contributed by atoms with Gasteiger partial charge in [0.05, 0.1) is 5.54 Å². The van der Waals surface area contributed by atoms with Gasteiger partial charge < -0.3 is 0 Å². The van der Waals surface area contributed by atoms with Crippen molar-refractivity contribution in [2.75, 3.05) is 0 Å². The van der Waals surface area contributed by atoms with Crippen LogP contribution < -0.4 is 5.43 Å². The third kappa shape index (κ3) is 4.14. The molecule has 2 rings (SSSR count). The molecule has 0 spiro atoms. The highest BCUT2D eigenvalue weighted by Gasteiger charge is 2.31. The van der Waals surface area contributed by atoms with E-state index in [-0.39, 0.29) is 5.69 Å². The number of aromatic nitrogens is 1. The fraction of sp³-hybridized carbons (Fsp3) is 0.235. The molecule has 0 aliphatic rings. The summed E-state index contributed by atoms with van der Waals surface area (Å²) in [5.41, 5.74) is 0.123. The molecular weight excluding hydrogens is 335 g/mol. The average Bonchev–Trinajstić information content (AvgIpc) is 2.50. The number of nitrogens with zero attached hydrogens (tertiary/aromatic N) is 2. The summed E-state index contributed by atoms with van der Waals surface area (Å²) in [4.78, 5) is 28.3. The minimum absolute atomic E-state index is 0.260. The van der Waals surface area contributed by atoms with Gasteiger partial charge in [0.2, 0.25) is 5.95 Å². The fourth-order valence-electron chi connectivity index (χ4n) is 2.04. The van der Waals surface area contributed by atoms with Crippen LogP contribution in [0.5, 0.6) is 0 Å². The van der Waals surface area contributed by atoms with Crippen LogP contribution in [0.25, 0.3) is 0 Å². The molecule has 8 heteroatoms. The minimum atomic E-state index is -1.14. The molecule has 1 heterocycles. The van der Waals surface area contributed by atoms with Crippen molar-refractivity contribution in [2.45, 2.75) is 26.3 Å². The van der Waals surface area contributed by atoms with Crippen molar-refractivity contribution in [3.8, 4) is 0 Å². The molecule has 0 aliphatic heterocycles. The monoisotopic (exact) mass is 351 g/mol. The molecule has 0 radical (unpaired) electrons. The van der Waals surface area contributed by atoms with Crippen LogP contribution in [0.4, 0.5) is 13.2 Å². The third-order valence-corrected chi connectivity index (χ3v) is 3.21. The number of hydrazine groups is 1. The molecule has 25 heavy (non-hydrogen) atoms. The Hall–Kier alpha value is -2.90. The molecule has 5 nitrogen and oxygen atoms in total. The first-order valence-electron chi connectivity index (χ1n) is 7.33. The number of amides is 2. The highest BCUT2D eigenvalue weighted by molar-refractivity contribution is 5.98. The molecule has 1 aromatic carbocycles. The van der Waals surface area contributed by atoms with Gasteiger partial charge in [-0.25, -0.2) is 18.8 Å². The number of rotatable bonds is 2. The quantitative estimate of drug-likeness (QED) is 0.668. The SMILES string of the molecule is CC(C)(C)N(NC(=O)c1c(F)cccc1F)C(=O)c1cccc(F)n1. The molecule has 2 aromatic rings. The molecule has 0 unspecified atom stereocenters. The molecule has 0 saturated carbocycles.